The molecule has 2 atom stereocenters. The van der Waals surface area contributed by atoms with Crippen LogP contribution in [-0.4, -0.2) is 84.6 Å². The van der Waals surface area contributed by atoms with E-state index in [-0.39, 0.29) is 12.2 Å². The van der Waals surface area contributed by atoms with E-state index in [1.54, 1.807) is 0 Å². The van der Waals surface area contributed by atoms with E-state index in [1.807, 2.05) is 26.0 Å². The Morgan fingerprint density at radius 3 is 1.19 bits per heavy atom. The third-order valence-electron chi connectivity index (χ3n) is 4.78. The quantitative estimate of drug-likeness (QED) is 0.357. The van der Waals surface area contributed by atoms with E-state index >= 15 is 0 Å². The van der Waals surface area contributed by atoms with Crippen molar-refractivity contribution in [1.82, 2.24) is 0 Å². The maximum atomic E-state index is 9.41. The first kappa shape index (κ1) is 33.0. The normalized spacial score (nSPS) is 13.0. The van der Waals surface area contributed by atoms with E-state index < -0.39 is 11.9 Å². The average molecular weight is 503 g/mol. The van der Waals surface area contributed by atoms with Gasteiger partial charge in [0.1, 0.15) is 38.4 Å². The van der Waals surface area contributed by atoms with Crippen molar-refractivity contribution in [2.24, 2.45) is 0 Å². The van der Waals surface area contributed by atoms with Gasteiger partial charge in [0.25, 0.3) is 0 Å². The molecule has 2 rings (SSSR count). The Morgan fingerprint density at radius 1 is 0.694 bits per heavy atom. The molecule has 36 heavy (non-hydrogen) atoms. The molecule has 200 valence electrons. The molecule has 2 unspecified atom stereocenters. The van der Waals surface area contributed by atoms with Crippen LogP contribution < -0.4 is 10.2 Å². The molecule has 0 aliphatic rings. The average Bonchev–Trinajstić information content (AvgIpc) is 2.72. The van der Waals surface area contributed by atoms with Crippen LogP contribution in [0.25, 0.3) is 0 Å². The number of hydrogen-bond donors (Lipinski definition) is 2. The second-order valence-electron chi connectivity index (χ2n) is 10.2. The van der Waals surface area contributed by atoms with E-state index in [0.717, 1.165) is 35.1 Å². The van der Waals surface area contributed by atoms with Crippen LogP contribution in [0.3, 0.4) is 0 Å². The van der Waals surface area contributed by atoms with Crippen LogP contribution in [0.4, 0.5) is 0 Å². The van der Waals surface area contributed by atoms with Gasteiger partial charge in [0.05, 0.1) is 40.1 Å². The van der Waals surface area contributed by atoms with Crippen molar-refractivity contribution in [3.8, 4) is 0 Å². The number of nitrogens with zero attached hydrogens (tertiary/aromatic N) is 2. The van der Waals surface area contributed by atoms with Crippen LogP contribution in [0.1, 0.15) is 25.0 Å². The van der Waals surface area contributed by atoms with Gasteiger partial charge in [-0.15, -0.1) is 0 Å². The lowest BCUT2D eigenvalue weighted by atomic mass is 10.2. The molecule has 2 N–H and O–H groups in total. The Hall–Kier alpha value is -3.04. The number of quaternary nitrogens is 2. The lowest BCUT2D eigenvalue weighted by Gasteiger charge is -2.31. The molecule has 0 radical (unpaired) electrons. The highest BCUT2D eigenvalue weighted by Crippen LogP contribution is 2.10. The number of aliphatic hydroxyl groups is 2. The molecule has 0 amide bonds. The topological polar surface area (TPSA) is 121 Å². The zero-order valence-electron chi connectivity index (χ0n) is 22.3. The summed E-state index contributed by atoms with van der Waals surface area (Å²) in [5.74, 6) is -3.09. The van der Waals surface area contributed by atoms with Crippen molar-refractivity contribution in [2.45, 2.75) is 39.1 Å². The zero-order chi connectivity index (χ0) is 27.8. The van der Waals surface area contributed by atoms with Crippen molar-refractivity contribution in [1.29, 1.82) is 0 Å². The summed E-state index contributed by atoms with van der Waals surface area (Å²) < 4.78 is 1.64. The van der Waals surface area contributed by atoms with Gasteiger partial charge in [0.2, 0.25) is 0 Å². The van der Waals surface area contributed by atoms with Gasteiger partial charge in [-0.3, -0.25) is 0 Å². The maximum Gasteiger partial charge on any atom is 0.105 e. The van der Waals surface area contributed by atoms with Crippen LogP contribution in [0.5, 0.6) is 0 Å². The van der Waals surface area contributed by atoms with Gasteiger partial charge in [-0.05, 0) is 26.0 Å². The van der Waals surface area contributed by atoms with Gasteiger partial charge in [-0.1, -0.05) is 60.7 Å². The predicted molar refractivity (Wildman–Crippen MR) is 137 cm³/mol. The Balaban J connectivity index is 0.000000533. The van der Waals surface area contributed by atoms with Gasteiger partial charge < -0.3 is 39.0 Å². The molecule has 2 aromatic rings. The third kappa shape index (κ3) is 19.3. The summed E-state index contributed by atoms with van der Waals surface area (Å²) in [6.45, 7) is 7.18. The molecule has 0 bridgehead atoms. The molecule has 0 aromatic heterocycles. The number of aliphatic carboxylic acids is 2. The predicted octanol–water partition coefficient (Wildman–Crippen LogP) is 0.330. The Labute approximate surface area is 215 Å². The van der Waals surface area contributed by atoms with Crippen LogP contribution in [0, 0.1) is 0 Å². The summed E-state index contributed by atoms with van der Waals surface area (Å²) in [5, 5.41) is 37.5. The van der Waals surface area contributed by atoms with E-state index in [1.165, 1.54) is 11.1 Å². The summed E-state index contributed by atoms with van der Waals surface area (Å²) in [6.07, 6.45) is 0.285. The van der Waals surface area contributed by atoms with Crippen molar-refractivity contribution in [3.05, 3.63) is 83.9 Å². The van der Waals surface area contributed by atoms with Crippen LogP contribution in [0.2, 0.25) is 0 Å². The summed E-state index contributed by atoms with van der Waals surface area (Å²) >= 11 is 0. The number of carboxylic acid groups (broad SMARTS) is 2. The molecule has 0 spiro atoms. The van der Waals surface area contributed by atoms with Gasteiger partial charge in [0.15, 0.2) is 0 Å². The molecule has 0 heterocycles. The largest absolute Gasteiger partial charge is 0.545 e. The monoisotopic (exact) mass is 502 g/mol. The second-order valence-corrected chi connectivity index (χ2v) is 10.2. The summed E-state index contributed by atoms with van der Waals surface area (Å²) in [4.78, 5) is 18.8. The minimum Gasteiger partial charge on any atom is -0.545 e. The number of carbonyl (C=O) groups excluding carboxylic acids is 2. The van der Waals surface area contributed by atoms with Crippen molar-refractivity contribution >= 4 is 11.9 Å². The SMILES string of the molecule is CC(O)C[N+](C)(C)Cc1ccccc1.CC(O)C[N+](C)(C)Cc1ccccc1.O=C([O-])/C=C\C(=O)[O-]. The van der Waals surface area contributed by atoms with Crippen molar-refractivity contribution in [2.75, 3.05) is 41.3 Å². The van der Waals surface area contributed by atoms with Gasteiger partial charge in [-0.25, -0.2) is 0 Å². The first-order valence-electron chi connectivity index (χ1n) is 11.8. The molecule has 0 aliphatic carbocycles. The van der Waals surface area contributed by atoms with Crippen LogP contribution >= 0.6 is 0 Å². The number of aliphatic hydroxyl groups excluding tert-OH is 2. The van der Waals surface area contributed by atoms with Crippen molar-refractivity contribution < 1.29 is 39.0 Å². The fraction of sp³-hybridized carbons (Fsp3) is 0.429. The number of carboxylic acids is 2. The van der Waals surface area contributed by atoms with Gasteiger partial charge in [0, 0.05) is 11.1 Å². The molecule has 0 saturated heterocycles. The molecular formula is C28H42N2O6. The second kappa shape index (κ2) is 16.6. The molecule has 2 aromatic carbocycles. The number of hydrogen-bond acceptors (Lipinski definition) is 6. The first-order chi connectivity index (χ1) is 16.6. The standard InChI is InChI=1S/2C12H20NO.C4H4O4/c2*1-11(14)9-13(2,3)10-12-7-5-4-6-8-12;5-3(6)1-2-4(7)8/h2*4-8,11,14H,9-10H2,1-3H3;1-2H,(H,5,6)(H,7,8)/q2*+1;/p-2/b;;2-1-. The number of rotatable bonds is 10. The van der Waals surface area contributed by atoms with E-state index in [4.69, 9.17) is 0 Å². The third-order valence-corrected chi connectivity index (χ3v) is 4.78. The molecule has 8 heteroatoms. The first-order valence-corrected chi connectivity index (χ1v) is 11.8. The van der Waals surface area contributed by atoms with E-state index in [9.17, 15) is 30.0 Å². The fourth-order valence-corrected chi connectivity index (χ4v) is 3.85. The Kier molecular flexibility index (Phi) is 15.2. The fourth-order valence-electron chi connectivity index (χ4n) is 3.85. The van der Waals surface area contributed by atoms with Gasteiger partial charge in [-0.2, -0.15) is 0 Å². The highest BCUT2D eigenvalue weighted by atomic mass is 16.4. The molecule has 0 saturated carbocycles. The summed E-state index contributed by atoms with van der Waals surface area (Å²) in [7, 11) is 8.55. The number of carbonyl (C=O) groups is 2. The van der Waals surface area contributed by atoms with Crippen LogP contribution in [-0.2, 0) is 22.7 Å². The maximum absolute atomic E-state index is 9.41. The summed E-state index contributed by atoms with van der Waals surface area (Å²) in [6, 6.07) is 20.8. The minimum absolute atomic E-state index is 0.242. The molecule has 0 aliphatic heterocycles. The highest BCUT2D eigenvalue weighted by Gasteiger charge is 2.18. The van der Waals surface area contributed by atoms with Crippen molar-refractivity contribution in [3.63, 3.8) is 0 Å². The highest BCUT2D eigenvalue weighted by molar-refractivity contribution is 5.87. The van der Waals surface area contributed by atoms with Gasteiger partial charge >= 0.3 is 0 Å². The lowest BCUT2D eigenvalue weighted by molar-refractivity contribution is -0.906. The smallest absolute Gasteiger partial charge is 0.105 e. The molecular weight excluding hydrogens is 460 g/mol. The zero-order valence-corrected chi connectivity index (χ0v) is 22.3. The summed E-state index contributed by atoms with van der Waals surface area (Å²) in [5.41, 5.74) is 2.64. The molecule has 0 fully saturated rings. The number of benzene rings is 2. The Morgan fingerprint density at radius 2 is 0.972 bits per heavy atom. The van der Waals surface area contributed by atoms with E-state index in [2.05, 4.69) is 76.7 Å². The Bertz CT molecular complexity index is 835. The van der Waals surface area contributed by atoms with Crippen LogP contribution in [0.15, 0.2) is 72.8 Å². The number of likely N-dealkylation sites (N-methyl/N-ethyl adjacent to an activating group) is 2. The van der Waals surface area contributed by atoms with E-state index in [0.29, 0.717) is 12.2 Å². The minimum atomic E-state index is -1.55. The lowest BCUT2D eigenvalue weighted by Crippen LogP contribution is -2.43. The molecule has 8 nitrogen and oxygen atoms in total.